The van der Waals surface area contributed by atoms with Gasteiger partial charge in [-0.25, -0.2) is 9.97 Å². The predicted octanol–water partition coefficient (Wildman–Crippen LogP) is 5.81. The molecular weight excluding hydrogens is 333 g/mol. The van der Waals surface area contributed by atoms with Crippen LogP contribution in [0.3, 0.4) is 0 Å². The number of aromatic nitrogens is 3. The smallest absolute Gasteiger partial charge is 0.245 e. The molecule has 0 unspecified atom stereocenters. The zero-order chi connectivity index (χ0) is 17.8. The van der Waals surface area contributed by atoms with Crippen LogP contribution in [-0.2, 0) is 0 Å². The van der Waals surface area contributed by atoms with Crippen LogP contribution in [-0.4, -0.2) is 21.6 Å². The van der Waals surface area contributed by atoms with Crippen molar-refractivity contribution in [2.75, 3.05) is 6.61 Å². The minimum Gasteiger partial charge on any atom is -0.471 e. The molecule has 0 atom stereocenters. The summed E-state index contributed by atoms with van der Waals surface area (Å²) in [6.45, 7) is 13.7. The maximum absolute atomic E-state index is 5.91. The van der Waals surface area contributed by atoms with Crippen molar-refractivity contribution in [2.24, 2.45) is 0 Å². The molecule has 0 N–H and O–H groups in total. The highest BCUT2D eigenvalue weighted by atomic mass is 35.5. The number of rotatable bonds is 4. The van der Waals surface area contributed by atoms with Crippen molar-refractivity contribution >= 4 is 34.2 Å². The number of fused-ring (bicyclic) bond motifs is 1. The minimum atomic E-state index is 0.113. The first-order valence-corrected chi connectivity index (χ1v) is 8.26. The molecule has 0 saturated carbocycles. The monoisotopic (exact) mass is 355 g/mol. The first kappa shape index (κ1) is 21.4. The van der Waals surface area contributed by atoms with Crippen LogP contribution < -0.4 is 4.74 Å². The van der Waals surface area contributed by atoms with Gasteiger partial charge in [0.15, 0.2) is 5.52 Å². The lowest BCUT2D eigenvalue weighted by Crippen LogP contribution is -2.04. The molecule has 126 valence electrons. The second kappa shape index (κ2) is 11.9. The number of pyridine rings is 1. The average Bonchev–Trinajstić information content (AvgIpc) is 2.58. The van der Waals surface area contributed by atoms with Gasteiger partial charge in [0, 0.05) is 16.8 Å². The van der Waals surface area contributed by atoms with Gasteiger partial charge in [-0.3, -0.25) is 0 Å². The molecule has 0 aromatic carbocycles. The second-order valence-corrected chi connectivity index (χ2v) is 4.63. The molecule has 0 saturated heterocycles. The van der Waals surface area contributed by atoms with Gasteiger partial charge < -0.3 is 4.74 Å². The molecule has 23 heavy (non-hydrogen) atoms. The Balaban J connectivity index is 0.00000112. The Morgan fingerprint density at radius 1 is 1.26 bits per heavy atom. The Morgan fingerprint density at radius 2 is 1.91 bits per heavy atom. The van der Waals surface area contributed by atoms with Gasteiger partial charge in [-0.2, -0.15) is 4.98 Å². The Labute approximate surface area is 148 Å². The first-order chi connectivity index (χ1) is 11.1. The van der Waals surface area contributed by atoms with Crippen molar-refractivity contribution in [1.82, 2.24) is 15.0 Å². The van der Waals surface area contributed by atoms with Crippen LogP contribution in [0.4, 0.5) is 0 Å². The van der Waals surface area contributed by atoms with Gasteiger partial charge >= 0.3 is 0 Å². The second-order valence-electron chi connectivity index (χ2n) is 3.72. The van der Waals surface area contributed by atoms with Crippen molar-refractivity contribution in [3.05, 3.63) is 46.9 Å². The Bertz CT molecular complexity index is 653. The molecule has 2 rings (SSSR count). The summed E-state index contributed by atoms with van der Waals surface area (Å²) in [5, 5.41) is 0.731. The lowest BCUT2D eigenvalue weighted by Gasteiger charge is -2.08. The largest absolute Gasteiger partial charge is 0.471 e. The maximum Gasteiger partial charge on any atom is 0.245 e. The molecule has 0 bridgehead atoms. The molecule has 0 radical (unpaired) electrons. The normalized spacial score (nSPS) is 10.6. The highest BCUT2D eigenvalue weighted by Crippen LogP contribution is 2.22. The topological polar surface area (TPSA) is 47.9 Å². The van der Waals surface area contributed by atoms with E-state index in [1.807, 2.05) is 27.7 Å². The van der Waals surface area contributed by atoms with E-state index in [4.69, 9.17) is 27.9 Å². The molecule has 0 fully saturated rings. The Morgan fingerprint density at radius 3 is 2.48 bits per heavy atom. The van der Waals surface area contributed by atoms with Crippen molar-refractivity contribution in [3.63, 3.8) is 0 Å². The van der Waals surface area contributed by atoms with Crippen LogP contribution in [0.15, 0.2) is 41.6 Å². The Kier molecular flexibility index (Phi) is 11.0. The first-order valence-electron chi connectivity index (χ1n) is 7.50. The van der Waals surface area contributed by atoms with Gasteiger partial charge in [0.25, 0.3) is 0 Å². The Hall–Kier alpha value is -1.65. The average molecular weight is 356 g/mol. The van der Waals surface area contributed by atoms with Crippen LogP contribution in [0.2, 0.25) is 5.28 Å². The van der Waals surface area contributed by atoms with Crippen LogP contribution in [0.5, 0.6) is 5.88 Å². The summed E-state index contributed by atoms with van der Waals surface area (Å²) in [6.07, 6.45) is 3.28. The highest BCUT2D eigenvalue weighted by molar-refractivity contribution is 6.29. The van der Waals surface area contributed by atoms with Crippen molar-refractivity contribution in [1.29, 1.82) is 0 Å². The SMILES string of the molecule is C=C/C(COc1nc(Cl)nc2cccnc12)=C(\C)Cl.CC.CC. The third-order valence-corrected chi connectivity index (χ3v) is 2.86. The number of nitrogens with zero attached hydrogens (tertiary/aromatic N) is 3. The van der Waals surface area contributed by atoms with E-state index in [1.165, 1.54) is 0 Å². The van der Waals surface area contributed by atoms with Crippen LogP contribution in [0, 0.1) is 0 Å². The van der Waals surface area contributed by atoms with E-state index in [0.717, 1.165) is 5.57 Å². The van der Waals surface area contributed by atoms with Crippen molar-refractivity contribution < 1.29 is 4.74 Å². The summed E-state index contributed by atoms with van der Waals surface area (Å²) in [6, 6.07) is 3.56. The maximum atomic E-state index is 5.91. The molecule has 0 amide bonds. The summed E-state index contributed by atoms with van der Waals surface area (Å²) >= 11 is 11.8. The fourth-order valence-corrected chi connectivity index (χ4v) is 1.76. The van der Waals surface area contributed by atoms with Crippen molar-refractivity contribution in [3.8, 4) is 5.88 Å². The minimum absolute atomic E-state index is 0.113. The lowest BCUT2D eigenvalue weighted by atomic mass is 10.3. The fourth-order valence-electron chi connectivity index (χ4n) is 1.46. The highest BCUT2D eigenvalue weighted by Gasteiger charge is 2.09. The van der Waals surface area contributed by atoms with Crippen molar-refractivity contribution in [2.45, 2.75) is 34.6 Å². The van der Waals surface area contributed by atoms with Gasteiger partial charge in [-0.15, -0.1) is 0 Å². The molecular formula is C17H23Cl2N3O. The van der Waals surface area contributed by atoms with E-state index >= 15 is 0 Å². The van der Waals surface area contributed by atoms with Gasteiger partial charge in [0.05, 0.1) is 5.52 Å². The predicted molar refractivity (Wildman–Crippen MR) is 99.3 cm³/mol. The molecule has 0 aliphatic rings. The zero-order valence-corrected chi connectivity index (χ0v) is 15.7. The number of halogens is 2. The third kappa shape index (κ3) is 6.55. The number of hydrogen-bond acceptors (Lipinski definition) is 4. The molecule has 2 aromatic heterocycles. The molecule has 2 heterocycles. The molecule has 4 nitrogen and oxygen atoms in total. The fraction of sp³-hybridized carbons (Fsp3) is 0.353. The summed E-state index contributed by atoms with van der Waals surface area (Å²) in [4.78, 5) is 12.3. The quantitative estimate of drug-likeness (QED) is 0.512. The van der Waals surface area contributed by atoms with E-state index in [0.29, 0.717) is 21.9 Å². The van der Waals surface area contributed by atoms with Gasteiger partial charge in [0.2, 0.25) is 11.2 Å². The van der Waals surface area contributed by atoms with Gasteiger partial charge in [-0.05, 0) is 30.7 Å². The van der Waals surface area contributed by atoms with Crippen LogP contribution in [0.25, 0.3) is 11.0 Å². The molecule has 0 spiro atoms. The van der Waals surface area contributed by atoms with E-state index in [1.54, 1.807) is 31.3 Å². The molecule has 2 aromatic rings. The molecule has 6 heteroatoms. The summed E-state index contributed by atoms with van der Waals surface area (Å²) in [7, 11) is 0. The summed E-state index contributed by atoms with van der Waals surface area (Å²) in [5.41, 5.74) is 1.97. The number of allylic oxidation sites excluding steroid dienone is 1. The standard InChI is InChI=1S/C13H11Cl2N3O.2C2H6/c1-3-9(8(2)14)7-19-12-11-10(5-4-6-16-11)17-13(15)18-12;2*1-2/h3-6H,1,7H2,2H3;2*1-2H3/b9-8-;;. The summed E-state index contributed by atoms with van der Waals surface area (Å²) < 4.78 is 5.60. The van der Waals surface area contributed by atoms with Crippen LogP contribution >= 0.6 is 23.2 Å². The lowest BCUT2D eigenvalue weighted by molar-refractivity contribution is 0.344. The third-order valence-electron chi connectivity index (χ3n) is 2.45. The number of ether oxygens (including phenoxy) is 1. The number of hydrogen-bond donors (Lipinski definition) is 0. The van der Waals surface area contributed by atoms with E-state index < -0.39 is 0 Å². The zero-order valence-electron chi connectivity index (χ0n) is 14.2. The van der Waals surface area contributed by atoms with E-state index in [2.05, 4.69) is 21.5 Å². The van der Waals surface area contributed by atoms with E-state index in [9.17, 15) is 0 Å². The molecule has 0 aliphatic carbocycles. The molecule has 0 aliphatic heterocycles. The summed E-state index contributed by atoms with van der Waals surface area (Å²) in [5.74, 6) is 0.327. The van der Waals surface area contributed by atoms with E-state index in [-0.39, 0.29) is 11.9 Å². The van der Waals surface area contributed by atoms with Gasteiger partial charge in [-0.1, -0.05) is 52.0 Å². The van der Waals surface area contributed by atoms with Crippen LogP contribution in [0.1, 0.15) is 34.6 Å². The van der Waals surface area contributed by atoms with Gasteiger partial charge in [0.1, 0.15) is 6.61 Å².